The number of imidazole rings is 2. The predicted octanol–water partition coefficient (Wildman–Crippen LogP) is 10.4. The molecule has 0 atom stereocenters. The molecule has 0 aliphatic heterocycles. The highest BCUT2D eigenvalue weighted by Gasteiger charge is 2.21. The van der Waals surface area contributed by atoms with E-state index in [1.807, 2.05) is 43.5 Å². The second-order valence-electron chi connectivity index (χ2n) is 12.2. The monoisotopic (exact) mass is 617 g/mol. The van der Waals surface area contributed by atoms with Crippen LogP contribution in [0.2, 0.25) is 0 Å². The molecule has 5 heterocycles. The molecule has 10 aromatic rings. The van der Waals surface area contributed by atoms with Crippen LogP contribution in [0.4, 0.5) is 0 Å². The van der Waals surface area contributed by atoms with Crippen LogP contribution in [0.5, 0.6) is 11.5 Å². The van der Waals surface area contributed by atoms with E-state index in [9.17, 15) is 0 Å². The minimum Gasteiger partial charge on any atom is -0.457 e. The maximum Gasteiger partial charge on any atom is 0.146 e. The summed E-state index contributed by atoms with van der Waals surface area (Å²) in [5, 5.41) is 5.36. The lowest BCUT2D eigenvalue weighted by atomic mass is 10.0. The van der Waals surface area contributed by atoms with Crippen molar-refractivity contribution in [1.82, 2.24) is 23.8 Å². The van der Waals surface area contributed by atoms with Crippen LogP contribution in [0, 0.1) is 6.92 Å². The van der Waals surface area contributed by atoms with Crippen molar-refractivity contribution in [3.8, 4) is 34.0 Å². The summed E-state index contributed by atoms with van der Waals surface area (Å²) < 4.78 is 11.1. The average molecular weight is 618 g/mol. The highest BCUT2D eigenvalue weighted by atomic mass is 16.5. The molecule has 0 fully saturated rings. The molecule has 0 saturated heterocycles. The van der Waals surface area contributed by atoms with Gasteiger partial charge in [-0.15, -0.1) is 0 Å². The highest BCUT2D eigenvalue weighted by molar-refractivity contribution is 6.13. The largest absolute Gasteiger partial charge is 0.457 e. The van der Waals surface area contributed by atoms with Gasteiger partial charge in [-0.3, -0.25) is 13.8 Å². The van der Waals surface area contributed by atoms with Gasteiger partial charge in [-0.25, -0.2) is 9.97 Å². The fraction of sp³-hybridized carbons (Fsp3) is 0.0238. The van der Waals surface area contributed by atoms with Crippen LogP contribution in [0.1, 0.15) is 5.69 Å². The SMILES string of the molecule is Cc1cn2c3ccccc3c3ccc(Oc4ccc5c(c4)c4nc(-c6ccccc6)c(-c6ccccc6)n4c4cccnc54)cc3c2n1. The molecule has 0 N–H and O–H groups in total. The lowest BCUT2D eigenvalue weighted by molar-refractivity contribution is 0.484. The Morgan fingerprint density at radius 1 is 0.542 bits per heavy atom. The van der Waals surface area contributed by atoms with Crippen molar-refractivity contribution in [2.45, 2.75) is 6.92 Å². The minimum absolute atomic E-state index is 0.723. The van der Waals surface area contributed by atoms with Gasteiger partial charge in [-0.2, -0.15) is 0 Å². The number of benzene rings is 5. The number of fused-ring (bicyclic) bond motifs is 12. The summed E-state index contributed by atoms with van der Waals surface area (Å²) in [4.78, 5) is 15.1. The van der Waals surface area contributed by atoms with E-state index in [0.717, 1.165) is 89.1 Å². The van der Waals surface area contributed by atoms with Crippen LogP contribution in [0.25, 0.3) is 77.3 Å². The van der Waals surface area contributed by atoms with Gasteiger partial charge in [0.25, 0.3) is 0 Å². The molecular weight excluding hydrogens is 590 g/mol. The number of pyridine rings is 3. The maximum absolute atomic E-state index is 6.64. The van der Waals surface area contributed by atoms with E-state index in [4.69, 9.17) is 19.7 Å². The Labute approximate surface area is 275 Å². The summed E-state index contributed by atoms with van der Waals surface area (Å²) in [6, 6.07) is 45.9. The number of ether oxygens (including phenoxy) is 1. The standard InChI is InChI=1S/C42H27N5O/c1-26-25-46-36-16-9-8-15-32(36)31-20-18-29(23-34(31)41(46)44-26)48-30-19-21-33-35(24-30)42-45-38(27-11-4-2-5-12-27)40(28-13-6-3-7-14-28)47(42)37-17-10-22-43-39(33)37/h2-25H,1H3. The highest BCUT2D eigenvalue weighted by Crippen LogP contribution is 2.40. The normalized spacial score (nSPS) is 11.9. The Bertz CT molecular complexity index is 2870. The molecule has 0 aliphatic carbocycles. The quantitative estimate of drug-likeness (QED) is 0.184. The molecule has 6 nitrogen and oxygen atoms in total. The van der Waals surface area contributed by atoms with E-state index in [2.05, 4.69) is 118 Å². The third-order valence-electron chi connectivity index (χ3n) is 9.23. The Kier molecular flexibility index (Phi) is 5.69. The zero-order valence-electron chi connectivity index (χ0n) is 26.0. The summed E-state index contributed by atoms with van der Waals surface area (Å²) in [5.74, 6) is 1.47. The second kappa shape index (κ2) is 10.2. The summed E-state index contributed by atoms with van der Waals surface area (Å²) in [5.41, 5.74) is 9.90. The first kappa shape index (κ1) is 26.7. The minimum atomic E-state index is 0.723. The van der Waals surface area contributed by atoms with Crippen molar-refractivity contribution < 1.29 is 4.74 Å². The Hall–Kier alpha value is -6.53. The molecule has 0 amide bonds. The van der Waals surface area contributed by atoms with Gasteiger partial charge >= 0.3 is 0 Å². The molecule has 0 unspecified atom stereocenters. The van der Waals surface area contributed by atoms with Gasteiger partial charge in [0.15, 0.2) is 0 Å². The molecule has 0 spiro atoms. The van der Waals surface area contributed by atoms with Crippen molar-refractivity contribution in [1.29, 1.82) is 0 Å². The smallest absolute Gasteiger partial charge is 0.146 e. The number of aromatic nitrogens is 5. The van der Waals surface area contributed by atoms with Gasteiger partial charge in [0.2, 0.25) is 0 Å². The maximum atomic E-state index is 6.64. The van der Waals surface area contributed by atoms with Gasteiger partial charge < -0.3 is 4.74 Å². The summed E-state index contributed by atoms with van der Waals surface area (Å²) in [6.07, 6.45) is 3.95. The molecule has 48 heavy (non-hydrogen) atoms. The van der Waals surface area contributed by atoms with Crippen molar-refractivity contribution in [3.63, 3.8) is 0 Å². The second-order valence-corrected chi connectivity index (χ2v) is 12.2. The lowest BCUT2D eigenvalue weighted by Gasteiger charge is -2.13. The topological polar surface area (TPSA) is 56.7 Å². The van der Waals surface area contributed by atoms with E-state index in [1.54, 1.807) is 0 Å². The third-order valence-corrected chi connectivity index (χ3v) is 9.23. The number of hydrogen-bond donors (Lipinski definition) is 0. The third kappa shape index (κ3) is 3.96. The number of para-hydroxylation sites is 1. The van der Waals surface area contributed by atoms with Crippen molar-refractivity contribution in [3.05, 3.63) is 152 Å². The molecule has 0 bridgehead atoms. The van der Waals surface area contributed by atoms with Crippen LogP contribution >= 0.6 is 0 Å². The number of nitrogens with zero attached hydrogens (tertiary/aromatic N) is 5. The van der Waals surface area contributed by atoms with Gasteiger partial charge in [-0.05, 0) is 66.9 Å². The van der Waals surface area contributed by atoms with Gasteiger partial charge in [0.1, 0.15) is 22.8 Å². The fourth-order valence-corrected chi connectivity index (χ4v) is 7.18. The first-order chi connectivity index (χ1) is 23.7. The van der Waals surface area contributed by atoms with Crippen molar-refractivity contribution in [2.24, 2.45) is 0 Å². The van der Waals surface area contributed by atoms with Crippen LogP contribution in [-0.4, -0.2) is 23.8 Å². The van der Waals surface area contributed by atoms with E-state index in [1.165, 1.54) is 5.39 Å². The van der Waals surface area contributed by atoms with Crippen molar-refractivity contribution >= 4 is 54.8 Å². The molecule has 10 rings (SSSR count). The van der Waals surface area contributed by atoms with E-state index in [0.29, 0.717) is 0 Å². The molecule has 5 aromatic carbocycles. The summed E-state index contributed by atoms with van der Waals surface area (Å²) in [7, 11) is 0. The molecule has 226 valence electrons. The average Bonchev–Trinajstić information content (AvgIpc) is 3.75. The Balaban J connectivity index is 1.20. The Morgan fingerprint density at radius 2 is 1.21 bits per heavy atom. The van der Waals surface area contributed by atoms with E-state index >= 15 is 0 Å². The first-order valence-electron chi connectivity index (χ1n) is 16.0. The zero-order chi connectivity index (χ0) is 31.8. The Morgan fingerprint density at radius 3 is 2.00 bits per heavy atom. The van der Waals surface area contributed by atoms with Crippen molar-refractivity contribution in [2.75, 3.05) is 0 Å². The molecule has 0 aliphatic rings. The van der Waals surface area contributed by atoms with E-state index < -0.39 is 0 Å². The molecule has 5 aromatic heterocycles. The molecule has 0 radical (unpaired) electrons. The molecule has 0 saturated carbocycles. The van der Waals surface area contributed by atoms with Gasteiger partial charge in [0, 0.05) is 45.1 Å². The number of hydrogen-bond acceptors (Lipinski definition) is 4. The zero-order valence-corrected chi connectivity index (χ0v) is 26.0. The molecule has 6 heteroatoms. The number of rotatable bonds is 4. The predicted molar refractivity (Wildman–Crippen MR) is 194 cm³/mol. The summed E-state index contributed by atoms with van der Waals surface area (Å²) in [6.45, 7) is 2.03. The number of aryl methyl sites for hydroxylation is 1. The van der Waals surface area contributed by atoms with Gasteiger partial charge in [0.05, 0.1) is 33.6 Å². The van der Waals surface area contributed by atoms with Crippen LogP contribution in [-0.2, 0) is 0 Å². The van der Waals surface area contributed by atoms with Crippen LogP contribution in [0.15, 0.2) is 146 Å². The fourth-order valence-electron chi connectivity index (χ4n) is 7.18. The lowest BCUT2D eigenvalue weighted by Crippen LogP contribution is -1.96. The summed E-state index contributed by atoms with van der Waals surface area (Å²) >= 11 is 0. The van der Waals surface area contributed by atoms with Crippen LogP contribution in [0.3, 0.4) is 0 Å². The first-order valence-corrected chi connectivity index (χ1v) is 16.0. The van der Waals surface area contributed by atoms with Crippen LogP contribution < -0.4 is 4.74 Å². The van der Waals surface area contributed by atoms with Gasteiger partial charge in [-0.1, -0.05) is 78.9 Å². The molecular formula is C42H27N5O. The van der Waals surface area contributed by atoms with E-state index in [-0.39, 0.29) is 0 Å².